The number of ether oxygens (including phenoxy) is 1. The lowest BCUT2D eigenvalue weighted by Gasteiger charge is -2.04. The number of methoxy groups -OCH3 is 1. The van der Waals surface area contributed by atoms with Gasteiger partial charge >= 0.3 is 5.97 Å². The lowest BCUT2D eigenvalue weighted by atomic mass is 10.2. The van der Waals surface area contributed by atoms with E-state index in [1.807, 2.05) is 12.1 Å². The van der Waals surface area contributed by atoms with Gasteiger partial charge in [0, 0.05) is 0 Å². The van der Waals surface area contributed by atoms with E-state index in [4.69, 9.17) is 16.3 Å². The van der Waals surface area contributed by atoms with Gasteiger partial charge in [0.15, 0.2) is 0 Å². The average molecular weight is 248 g/mol. The molecule has 1 rings (SSSR count). The molecule has 0 bridgehead atoms. The predicted octanol–water partition coefficient (Wildman–Crippen LogP) is 0.672. The monoisotopic (exact) mass is 248 g/mol. The summed E-state index contributed by atoms with van der Waals surface area (Å²) >= 11 is 1.04. The van der Waals surface area contributed by atoms with Crippen LogP contribution in [0.1, 0.15) is 11.1 Å². The van der Waals surface area contributed by atoms with Crippen molar-refractivity contribution in [1.29, 1.82) is 10.5 Å². The van der Waals surface area contributed by atoms with Crippen molar-refractivity contribution in [1.82, 2.24) is 4.98 Å². The summed E-state index contributed by atoms with van der Waals surface area (Å²) in [5, 5.41) is 17.9. The molecular weight excluding hydrogens is 240 g/mol. The van der Waals surface area contributed by atoms with Crippen LogP contribution >= 0.6 is 11.8 Å². The normalized spacial score (nSPS) is 9.12. The maximum absolute atomic E-state index is 11.0. The van der Waals surface area contributed by atoms with Crippen LogP contribution in [0.3, 0.4) is 0 Å². The molecular formula is C10H8N4O2S. The van der Waals surface area contributed by atoms with Crippen LogP contribution in [0, 0.1) is 22.7 Å². The maximum atomic E-state index is 11.0. The van der Waals surface area contributed by atoms with Gasteiger partial charge < -0.3 is 10.5 Å². The molecule has 0 saturated carbocycles. The molecule has 1 aromatic rings. The molecule has 1 heterocycles. The third kappa shape index (κ3) is 3.10. The quantitative estimate of drug-likeness (QED) is 0.617. The highest BCUT2D eigenvalue weighted by Gasteiger charge is 2.12. The second kappa shape index (κ2) is 5.73. The Morgan fingerprint density at radius 3 is 2.71 bits per heavy atom. The summed E-state index contributed by atoms with van der Waals surface area (Å²) < 4.78 is 4.47. The van der Waals surface area contributed by atoms with E-state index >= 15 is 0 Å². The van der Waals surface area contributed by atoms with E-state index < -0.39 is 5.97 Å². The predicted molar refractivity (Wildman–Crippen MR) is 60.8 cm³/mol. The van der Waals surface area contributed by atoms with Gasteiger partial charge in [-0.05, 0) is 6.07 Å². The highest BCUT2D eigenvalue weighted by atomic mass is 32.2. The van der Waals surface area contributed by atoms with E-state index in [0.29, 0.717) is 5.03 Å². The van der Waals surface area contributed by atoms with Crippen molar-refractivity contribution in [2.45, 2.75) is 5.03 Å². The van der Waals surface area contributed by atoms with Crippen LogP contribution in [0.15, 0.2) is 11.1 Å². The number of nitriles is 2. The molecule has 0 aromatic carbocycles. The smallest absolute Gasteiger partial charge is 0.316 e. The molecule has 0 unspecified atom stereocenters. The van der Waals surface area contributed by atoms with E-state index in [1.54, 1.807) is 0 Å². The first-order valence-corrected chi connectivity index (χ1v) is 5.41. The third-order valence-electron chi connectivity index (χ3n) is 1.81. The number of rotatable bonds is 3. The van der Waals surface area contributed by atoms with Gasteiger partial charge in [-0.25, -0.2) is 4.98 Å². The van der Waals surface area contributed by atoms with Crippen molar-refractivity contribution in [2.75, 3.05) is 18.6 Å². The standard InChI is InChI=1S/C10H8N4O2S/c1-16-8(15)5-17-10-7(4-12)2-6(3-11)9(13)14-10/h2H,5H2,1H3,(H2,13,14). The molecule has 17 heavy (non-hydrogen) atoms. The molecule has 0 amide bonds. The number of anilines is 1. The van der Waals surface area contributed by atoms with Gasteiger partial charge in [-0.3, -0.25) is 4.79 Å². The molecule has 0 spiro atoms. The first-order valence-electron chi connectivity index (χ1n) is 4.42. The second-order valence-electron chi connectivity index (χ2n) is 2.86. The summed E-state index contributed by atoms with van der Waals surface area (Å²) in [6.45, 7) is 0. The number of nitrogens with two attached hydrogens (primary N) is 1. The SMILES string of the molecule is COC(=O)CSc1nc(N)c(C#N)cc1C#N. The number of carbonyl (C=O) groups excluding carboxylic acids is 1. The number of nitrogens with zero attached hydrogens (tertiary/aromatic N) is 3. The molecule has 0 fully saturated rings. The van der Waals surface area contributed by atoms with E-state index in [9.17, 15) is 4.79 Å². The van der Waals surface area contributed by atoms with Crippen LogP contribution < -0.4 is 5.73 Å². The minimum Gasteiger partial charge on any atom is -0.468 e. The van der Waals surface area contributed by atoms with Gasteiger partial charge in [0.1, 0.15) is 23.0 Å². The zero-order chi connectivity index (χ0) is 12.8. The van der Waals surface area contributed by atoms with Crippen molar-refractivity contribution in [2.24, 2.45) is 0 Å². The number of esters is 1. The van der Waals surface area contributed by atoms with Crippen LogP contribution in [0.2, 0.25) is 0 Å². The molecule has 0 saturated heterocycles. The van der Waals surface area contributed by atoms with Gasteiger partial charge in [0.2, 0.25) is 0 Å². The van der Waals surface area contributed by atoms with Crippen molar-refractivity contribution in [3.8, 4) is 12.1 Å². The van der Waals surface area contributed by atoms with Gasteiger partial charge in [0.05, 0.1) is 24.0 Å². The summed E-state index contributed by atoms with van der Waals surface area (Å²) in [6.07, 6.45) is 0. The summed E-state index contributed by atoms with van der Waals surface area (Å²) in [7, 11) is 1.27. The Kier molecular flexibility index (Phi) is 4.32. The number of aromatic nitrogens is 1. The minimum absolute atomic E-state index is 0.0313. The van der Waals surface area contributed by atoms with Gasteiger partial charge in [-0.1, -0.05) is 11.8 Å². The average Bonchev–Trinajstić information content (AvgIpc) is 2.35. The molecule has 7 heteroatoms. The topological polar surface area (TPSA) is 113 Å². The van der Waals surface area contributed by atoms with Crippen molar-refractivity contribution < 1.29 is 9.53 Å². The van der Waals surface area contributed by atoms with Gasteiger partial charge in [-0.2, -0.15) is 10.5 Å². The zero-order valence-electron chi connectivity index (χ0n) is 8.93. The Bertz CT molecular complexity index is 530. The molecule has 6 nitrogen and oxygen atoms in total. The Morgan fingerprint density at radius 1 is 1.53 bits per heavy atom. The van der Waals surface area contributed by atoms with Crippen molar-refractivity contribution in [3.63, 3.8) is 0 Å². The minimum atomic E-state index is -0.427. The Balaban J connectivity index is 3.01. The maximum Gasteiger partial charge on any atom is 0.316 e. The Labute approximate surface area is 102 Å². The lowest BCUT2D eigenvalue weighted by molar-refractivity contribution is -0.137. The first kappa shape index (κ1) is 12.8. The fraction of sp³-hybridized carbons (Fsp3) is 0.200. The number of hydrogen-bond acceptors (Lipinski definition) is 7. The zero-order valence-corrected chi connectivity index (χ0v) is 9.74. The molecule has 2 N–H and O–H groups in total. The van der Waals surface area contributed by atoms with Crippen LogP contribution in [-0.2, 0) is 9.53 Å². The number of pyridine rings is 1. The summed E-state index contributed by atoms with van der Waals surface area (Å²) in [4.78, 5) is 14.9. The van der Waals surface area contributed by atoms with Crippen LogP contribution in [0.5, 0.6) is 0 Å². The fourth-order valence-corrected chi connectivity index (χ4v) is 1.77. The Morgan fingerprint density at radius 2 is 2.18 bits per heavy atom. The van der Waals surface area contributed by atoms with Crippen LogP contribution in [0.4, 0.5) is 5.82 Å². The molecule has 1 aromatic heterocycles. The van der Waals surface area contributed by atoms with Crippen molar-refractivity contribution >= 4 is 23.5 Å². The summed E-state index contributed by atoms with van der Waals surface area (Å²) in [5.74, 6) is -0.355. The number of hydrogen-bond donors (Lipinski definition) is 1. The molecule has 0 aliphatic rings. The highest BCUT2D eigenvalue weighted by molar-refractivity contribution is 7.99. The third-order valence-corrected chi connectivity index (χ3v) is 2.78. The molecule has 0 atom stereocenters. The lowest BCUT2D eigenvalue weighted by Crippen LogP contribution is -2.05. The largest absolute Gasteiger partial charge is 0.468 e. The van der Waals surface area contributed by atoms with E-state index in [0.717, 1.165) is 11.8 Å². The summed E-state index contributed by atoms with van der Waals surface area (Å²) in [5.41, 5.74) is 5.88. The van der Waals surface area contributed by atoms with Gasteiger partial charge in [0.25, 0.3) is 0 Å². The van der Waals surface area contributed by atoms with Crippen LogP contribution in [0.25, 0.3) is 0 Å². The molecule has 86 valence electrons. The second-order valence-corrected chi connectivity index (χ2v) is 3.83. The molecule has 0 aliphatic heterocycles. The fourth-order valence-electron chi connectivity index (χ4n) is 0.976. The highest BCUT2D eigenvalue weighted by Crippen LogP contribution is 2.23. The van der Waals surface area contributed by atoms with Gasteiger partial charge in [-0.15, -0.1) is 0 Å². The Hall–Kier alpha value is -2.25. The van der Waals surface area contributed by atoms with E-state index in [-0.39, 0.29) is 22.7 Å². The summed E-state index contributed by atoms with van der Waals surface area (Å²) in [6, 6.07) is 5.08. The van der Waals surface area contributed by atoms with E-state index in [2.05, 4.69) is 9.72 Å². The number of nitrogen functional groups attached to an aromatic ring is 1. The molecule has 0 radical (unpaired) electrons. The number of thioether (sulfide) groups is 1. The van der Waals surface area contributed by atoms with E-state index in [1.165, 1.54) is 13.2 Å². The number of carbonyl (C=O) groups is 1. The molecule has 0 aliphatic carbocycles. The van der Waals surface area contributed by atoms with Crippen molar-refractivity contribution in [3.05, 3.63) is 17.2 Å². The van der Waals surface area contributed by atoms with Crippen LogP contribution in [-0.4, -0.2) is 23.8 Å². The first-order chi connectivity index (χ1) is 8.12.